The second-order valence-electron chi connectivity index (χ2n) is 7.90. The minimum absolute atomic E-state index is 0.119. The van der Waals surface area contributed by atoms with Crippen LogP contribution in [0.5, 0.6) is 5.75 Å². The fourth-order valence-electron chi connectivity index (χ4n) is 4.62. The molecule has 0 aliphatic carbocycles. The molecule has 5 nitrogen and oxygen atoms in total. The van der Waals surface area contributed by atoms with Crippen molar-refractivity contribution in [3.8, 4) is 5.75 Å². The first-order valence-corrected chi connectivity index (χ1v) is 10.2. The lowest BCUT2D eigenvalue weighted by molar-refractivity contribution is -0.0878. The average Bonchev–Trinajstić information content (AvgIpc) is 3.28. The number of nitrogens with zero attached hydrogens (tertiary/aromatic N) is 2. The van der Waals surface area contributed by atoms with E-state index in [0.717, 1.165) is 31.5 Å². The van der Waals surface area contributed by atoms with Gasteiger partial charge in [0.25, 0.3) is 5.91 Å². The van der Waals surface area contributed by atoms with Crippen LogP contribution in [-0.4, -0.2) is 60.1 Å². The number of amides is 1. The van der Waals surface area contributed by atoms with E-state index in [-0.39, 0.29) is 17.7 Å². The van der Waals surface area contributed by atoms with Crippen LogP contribution in [-0.2, 0) is 5.60 Å². The van der Waals surface area contributed by atoms with Gasteiger partial charge in [-0.1, -0.05) is 30.3 Å². The Morgan fingerprint density at radius 2 is 1.86 bits per heavy atom. The van der Waals surface area contributed by atoms with E-state index in [2.05, 4.69) is 4.90 Å². The second-order valence-corrected chi connectivity index (χ2v) is 7.90. The third kappa shape index (κ3) is 3.74. The van der Waals surface area contributed by atoms with Crippen molar-refractivity contribution in [1.82, 2.24) is 9.80 Å². The number of methoxy groups -OCH3 is 1. The zero-order valence-corrected chi connectivity index (χ0v) is 16.7. The summed E-state index contributed by atoms with van der Waals surface area (Å²) in [4.78, 5) is 17.1. The van der Waals surface area contributed by atoms with Gasteiger partial charge in [-0.25, -0.2) is 4.39 Å². The summed E-state index contributed by atoms with van der Waals surface area (Å²) >= 11 is 0. The molecule has 0 spiro atoms. The molecule has 1 N–H and O–H groups in total. The number of carbonyl (C=O) groups excluding carboxylic acids is 1. The molecule has 2 aliphatic heterocycles. The van der Waals surface area contributed by atoms with Crippen molar-refractivity contribution in [1.29, 1.82) is 0 Å². The first-order chi connectivity index (χ1) is 14.0. The maximum absolute atomic E-state index is 14.1. The van der Waals surface area contributed by atoms with Crippen LogP contribution in [0.25, 0.3) is 0 Å². The molecule has 0 radical (unpaired) electrons. The molecule has 0 saturated carbocycles. The number of hydrogen-bond acceptors (Lipinski definition) is 4. The first-order valence-electron chi connectivity index (χ1n) is 10.2. The van der Waals surface area contributed by atoms with Gasteiger partial charge in [-0.05, 0) is 56.1 Å². The number of aliphatic hydroxyl groups is 1. The van der Waals surface area contributed by atoms with Crippen LogP contribution >= 0.6 is 0 Å². The van der Waals surface area contributed by atoms with Crippen molar-refractivity contribution in [3.05, 3.63) is 65.5 Å². The molecule has 2 aliphatic rings. The first kappa shape index (κ1) is 19.9. The summed E-state index contributed by atoms with van der Waals surface area (Å²) in [5.41, 5.74) is 0.182. The summed E-state index contributed by atoms with van der Waals surface area (Å²) in [7, 11) is 1.40. The summed E-state index contributed by atoms with van der Waals surface area (Å²) in [5, 5.41) is 11.7. The van der Waals surface area contributed by atoms with Gasteiger partial charge in [0.2, 0.25) is 0 Å². The fraction of sp³-hybridized carbons (Fsp3) is 0.435. The van der Waals surface area contributed by atoms with Gasteiger partial charge >= 0.3 is 0 Å². The molecule has 2 aromatic rings. The monoisotopic (exact) mass is 398 g/mol. The SMILES string of the molecule is COc1ccc(C(=O)N2CC[C@](O)(c3ccccc3)[C@H](N3CCCC3)C2)cc1F. The summed E-state index contributed by atoms with van der Waals surface area (Å²) in [6.07, 6.45) is 2.64. The molecule has 154 valence electrons. The Kier molecular flexibility index (Phi) is 5.56. The van der Waals surface area contributed by atoms with Crippen LogP contribution < -0.4 is 4.74 Å². The predicted molar refractivity (Wildman–Crippen MR) is 108 cm³/mol. The molecule has 0 bridgehead atoms. The van der Waals surface area contributed by atoms with Gasteiger partial charge in [0.05, 0.1) is 13.2 Å². The molecule has 0 aromatic heterocycles. The van der Waals surface area contributed by atoms with Gasteiger partial charge in [-0.2, -0.15) is 0 Å². The smallest absolute Gasteiger partial charge is 0.254 e. The minimum Gasteiger partial charge on any atom is -0.494 e. The van der Waals surface area contributed by atoms with Crippen molar-refractivity contribution >= 4 is 5.91 Å². The van der Waals surface area contributed by atoms with Crippen LogP contribution in [0.1, 0.15) is 35.2 Å². The third-order valence-corrected chi connectivity index (χ3v) is 6.25. The van der Waals surface area contributed by atoms with Crippen molar-refractivity contribution in [3.63, 3.8) is 0 Å². The molecule has 2 heterocycles. The maximum Gasteiger partial charge on any atom is 0.254 e. The molecule has 0 unspecified atom stereocenters. The number of ether oxygens (including phenoxy) is 1. The number of benzene rings is 2. The summed E-state index contributed by atoms with van der Waals surface area (Å²) < 4.78 is 19.0. The third-order valence-electron chi connectivity index (χ3n) is 6.25. The van der Waals surface area contributed by atoms with E-state index >= 15 is 0 Å². The lowest BCUT2D eigenvalue weighted by Gasteiger charge is -2.48. The lowest BCUT2D eigenvalue weighted by Crippen LogP contribution is -2.61. The largest absolute Gasteiger partial charge is 0.494 e. The van der Waals surface area contributed by atoms with Gasteiger partial charge in [-0.15, -0.1) is 0 Å². The lowest BCUT2D eigenvalue weighted by atomic mass is 9.79. The summed E-state index contributed by atoms with van der Waals surface area (Å²) in [5.74, 6) is -0.647. The molecule has 4 rings (SSSR count). The van der Waals surface area contributed by atoms with Crippen LogP contribution in [0.15, 0.2) is 48.5 Å². The van der Waals surface area contributed by atoms with Gasteiger partial charge in [-0.3, -0.25) is 9.69 Å². The van der Waals surface area contributed by atoms with Gasteiger partial charge in [0, 0.05) is 18.7 Å². The Morgan fingerprint density at radius 1 is 1.14 bits per heavy atom. The van der Waals surface area contributed by atoms with E-state index in [1.54, 1.807) is 11.0 Å². The van der Waals surface area contributed by atoms with E-state index in [9.17, 15) is 14.3 Å². The zero-order chi connectivity index (χ0) is 20.4. The Balaban J connectivity index is 1.60. The number of rotatable bonds is 4. The highest BCUT2D eigenvalue weighted by Gasteiger charge is 2.47. The van der Waals surface area contributed by atoms with Gasteiger partial charge < -0.3 is 14.7 Å². The number of carbonyl (C=O) groups is 1. The van der Waals surface area contributed by atoms with E-state index in [1.807, 2.05) is 30.3 Å². The quantitative estimate of drug-likeness (QED) is 0.860. The summed E-state index contributed by atoms with van der Waals surface area (Å²) in [6, 6.07) is 13.8. The number of hydrogen-bond donors (Lipinski definition) is 1. The average molecular weight is 398 g/mol. The molecule has 6 heteroatoms. The highest BCUT2D eigenvalue weighted by Crippen LogP contribution is 2.37. The second kappa shape index (κ2) is 8.13. The van der Waals surface area contributed by atoms with Crippen molar-refractivity contribution in [2.75, 3.05) is 33.3 Å². The molecular weight excluding hydrogens is 371 g/mol. The number of likely N-dealkylation sites (tertiary alicyclic amines) is 2. The van der Waals surface area contributed by atoms with Crippen molar-refractivity contribution in [2.45, 2.75) is 30.9 Å². The fourth-order valence-corrected chi connectivity index (χ4v) is 4.62. The Bertz CT molecular complexity index is 870. The van der Waals surface area contributed by atoms with E-state index in [1.165, 1.54) is 19.2 Å². The van der Waals surface area contributed by atoms with Crippen LogP contribution in [0.4, 0.5) is 4.39 Å². The zero-order valence-electron chi connectivity index (χ0n) is 16.7. The molecule has 2 atom stereocenters. The molecule has 2 aromatic carbocycles. The van der Waals surface area contributed by atoms with Gasteiger partial charge in [0.15, 0.2) is 11.6 Å². The van der Waals surface area contributed by atoms with Crippen molar-refractivity contribution < 1.29 is 19.0 Å². The van der Waals surface area contributed by atoms with Crippen LogP contribution in [0, 0.1) is 5.82 Å². The maximum atomic E-state index is 14.1. The summed E-state index contributed by atoms with van der Waals surface area (Å²) in [6.45, 7) is 2.66. The topological polar surface area (TPSA) is 53.0 Å². The van der Waals surface area contributed by atoms with Gasteiger partial charge in [0.1, 0.15) is 5.60 Å². The van der Waals surface area contributed by atoms with E-state index in [4.69, 9.17) is 4.74 Å². The van der Waals surface area contributed by atoms with Crippen molar-refractivity contribution in [2.24, 2.45) is 0 Å². The Hall–Kier alpha value is -2.44. The minimum atomic E-state index is -1.01. The van der Waals surface area contributed by atoms with Crippen LogP contribution in [0.3, 0.4) is 0 Å². The van der Waals surface area contributed by atoms with Crippen LogP contribution in [0.2, 0.25) is 0 Å². The van der Waals surface area contributed by atoms with E-state index < -0.39 is 11.4 Å². The Morgan fingerprint density at radius 3 is 2.52 bits per heavy atom. The highest BCUT2D eigenvalue weighted by molar-refractivity contribution is 5.94. The standard InChI is InChI=1S/C23H27FN2O3/c1-29-20-10-9-17(15-19(20)24)22(27)26-14-11-23(28,18-7-3-2-4-8-18)21(16-26)25-12-5-6-13-25/h2-4,7-10,15,21,28H,5-6,11-14,16H2,1H3/t21-,23+/m1/s1. The normalized spacial score (nSPS) is 25.2. The molecule has 1 amide bonds. The molecular formula is C23H27FN2O3. The highest BCUT2D eigenvalue weighted by atomic mass is 19.1. The number of piperidine rings is 1. The predicted octanol–water partition coefficient (Wildman–Crippen LogP) is 3.03. The molecule has 2 saturated heterocycles. The van der Waals surface area contributed by atoms with E-state index in [0.29, 0.717) is 25.1 Å². The number of halogens is 1. The Labute approximate surface area is 170 Å². The molecule has 29 heavy (non-hydrogen) atoms. The molecule has 2 fully saturated rings.